The first-order valence-electron chi connectivity index (χ1n) is 8.41. The highest BCUT2D eigenvalue weighted by Crippen LogP contribution is 2.27. The van der Waals surface area contributed by atoms with Crippen LogP contribution in [0.4, 0.5) is 5.69 Å². The molecular formula is C20H19Cl2N3O4. The number of hydrogen-bond donors (Lipinski definition) is 2. The Kier molecular flexibility index (Phi) is 8.51. The maximum Gasteiger partial charge on any atom is 0.249 e. The molecule has 0 aromatic heterocycles. The van der Waals surface area contributed by atoms with Crippen LogP contribution in [0, 0.1) is 0 Å². The highest BCUT2D eigenvalue weighted by Gasteiger charge is 2.10. The van der Waals surface area contributed by atoms with Crippen LogP contribution in [0.25, 0.3) is 0 Å². The topological polar surface area (TPSA) is 89.0 Å². The fourth-order valence-corrected chi connectivity index (χ4v) is 2.47. The van der Waals surface area contributed by atoms with Crippen molar-refractivity contribution in [3.05, 3.63) is 64.7 Å². The first-order chi connectivity index (χ1) is 13.9. The normalized spacial score (nSPS) is 10.4. The SMILES string of the molecule is C=CCOc1ccc(/C=N/NC(=O)CC(=O)Nc2ccc(Cl)c(Cl)c2)cc1OC. The summed E-state index contributed by atoms with van der Waals surface area (Å²) in [7, 11) is 1.52. The molecule has 2 amide bonds. The van der Waals surface area contributed by atoms with Crippen molar-refractivity contribution in [1.29, 1.82) is 0 Å². The van der Waals surface area contributed by atoms with E-state index in [0.29, 0.717) is 39.4 Å². The zero-order chi connectivity index (χ0) is 21.2. The van der Waals surface area contributed by atoms with Gasteiger partial charge in [0.1, 0.15) is 13.0 Å². The number of nitrogens with one attached hydrogen (secondary N) is 2. The number of nitrogens with zero attached hydrogens (tertiary/aromatic N) is 1. The summed E-state index contributed by atoms with van der Waals surface area (Å²) >= 11 is 11.7. The molecule has 2 aromatic carbocycles. The molecule has 29 heavy (non-hydrogen) atoms. The van der Waals surface area contributed by atoms with Crippen LogP contribution >= 0.6 is 23.2 Å². The van der Waals surface area contributed by atoms with Gasteiger partial charge in [0, 0.05) is 5.69 Å². The first kappa shape index (κ1) is 22.3. The van der Waals surface area contributed by atoms with Crippen molar-refractivity contribution in [1.82, 2.24) is 5.43 Å². The van der Waals surface area contributed by atoms with E-state index < -0.39 is 18.2 Å². The fraction of sp³-hybridized carbons (Fsp3) is 0.150. The van der Waals surface area contributed by atoms with Gasteiger partial charge in [-0.05, 0) is 42.0 Å². The maximum absolute atomic E-state index is 11.9. The molecule has 0 spiro atoms. The molecule has 0 aliphatic heterocycles. The van der Waals surface area contributed by atoms with E-state index in [1.54, 1.807) is 36.4 Å². The lowest BCUT2D eigenvalue weighted by atomic mass is 10.2. The number of benzene rings is 2. The van der Waals surface area contributed by atoms with Gasteiger partial charge in [0.25, 0.3) is 0 Å². The van der Waals surface area contributed by atoms with Crippen molar-refractivity contribution in [3.63, 3.8) is 0 Å². The number of anilines is 1. The van der Waals surface area contributed by atoms with E-state index in [0.717, 1.165) is 0 Å². The van der Waals surface area contributed by atoms with Gasteiger partial charge in [0.2, 0.25) is 11.8 Å². The smallest absolute Gasteiger partial charge is 0.249 e. The van der Waals surface area contributed by atoms with Gasteiger partial charge in [-0.2, -0.15) is 5.10 Å². The van der Waals surface area contributed by atoms with Crippen LogP contribution in [-0.2, 0) is 9.59 Å². The monoisotopic (exact) mass is 435 g/mol. The van der Waals surface area contributed by atoms with E-state index in [4.69, 9.17) is 32.7 Å². The van der Waals surface area contributed by atoms with Crippen molar-refractivity contribution >= 4 is 46.9 Å². The summed E-state index contributed by atoms with van der Waals surface area (Å²) < 4.78 is 10.7. The number of hydrogen-bond acceptors (Lipinski definition) is 5. The predicted molar refractivity (Wildman–Crippen MR) is 114 cm³/mol. The number of hydrazone groups is 1. The molecule has 0 fully saturated rings. The van der Waals surface area contributed by atoms with Crippen molar-refractivity contribution in [2.24, 2.45) is 5.10 Å². The van der Waals surface area contributed by atoms with E-state index in [2.05, 4.69) is 22.4 Å². The van der Waals surface area contributed by atoms with Crippen molar-refractivity contribution in [2.75, 3.05) is 19.0 Å². The lowest BCUT2D eigenvalue weighted by Gasteiger charge is -2.09. The molecule has 0 aliphatic rings. The lowest BCUT2D eigenvalue weighted by Crippen LogP contribution is -2.24. The Bertz CT molecular complexity index is 932. The summed E-state index contributed by atoms with van der Waals surface area (Å²) in [6.07, 6.45) is 2.64. The van der Waals surface area contributed by atoms with Gasteiger partial charge in [0.05, 0.1) is 23.4 Å². The summed E-state index contributed by atoms with van der Waals surface area (Å²) in [4.78, 5) is 23.8. The Morgan fingerprint density at radius 2 is 1.90 bits per heavy atom. The van der Waals surface area contributed by atoms with Crippen LogP contribution in [0.1, 0.15) is 12.0 Å². The summed E-state index contributed by atoms with van der Waals surface area (Å²) in [5.41, 5.74) is 3.40. The van der Waals surface area contributed by atoms with Gasteiger partial charge in [-0.1, -0.05) is 35.9 Å². The van der Waals surface area contributed by atoms with Gasteiger partial charge >= 0.3 is 0 Å². The van der Waals surface area contributed by atoms with Crippen LogP contribution < -0.4 is 20.2 Å². The molecule has 0 saturated carbocycles. The molecule has 7 nitrogen and oxygen atoms in total. The Labute approximate surface area is 178 Å². The number of rotatable bonds is 9. The highest BCUT2D eigenvalue weighted by atomic mass is 35.5. The number of carbonyl (C=O) groups is 2. The zero-order valence-corrected chi connectivity index (χ0v) is 17.1. The minimum atomic E-state index is -0.572. The highest BCUT2D eigenvalue weighted by molar-refractivity contribution is 6.42. The summed E-state index contributed by atoms with van der Waals surface area (Å²) in [6, 6.07) is 9.78. The summed E-state index contributed by atoms with van der Waals surface area (Å²) in [5, 5.41) is 7.06. The number of ether oxygens (including phenoxy) is 2. The van der Waals surface area contributed by atoms with Gasteiger partial charge in [-0.15, -0.1) is 0 Å². The summed E-state index contributed by atoms with van der Waals surface area (Å²) in [6.45, 7) is 3.94. The largest absolute Gasteiger partial charge is 0.493 e. The standard InChI is InChI=1S/C20H19Cl2N3O4/c1-3-8-29-17-7-4-13(9-18(17)28-2)12-23-25-20(27)11-19(26)24-14-5-6-15(21)16(22)10-14/h3-7,9-10,12H,1,8,11H2,2H3,(H,24,26)(H,25,27)/b23-12+. The first-order valence-corrected chi connectivity index (χ1v) is 9.17. The Morgan fingerprint density at radius 1 is 1.10 bits per heavy atom. The average molecular weight is 436 g/mol. The van der Waals surface area contributed by atoms with Gasteiger partial charge < -0.3 is 14.8 Å². The molecule has 0 saturated heterocycles. The Balaban J connectivity index is 1.87. The van der Waals surface area contributed by atoms with Gasteiger partial charge in [0.15, 0.2) is 11.5 Å². The summed E-state index contributed by atoms with van der Waals surface area (Å²) in [5.74, 6) is -0.00567. The molecule has 0 atom stereocenters. The van der Waals surface area contributed by atoms with Crippen LogP contribution in [0.3, 0.4) is 0 Å². The van der Waals surface area contributed by atoms with Crippen molar-refractivity contribution in [2.45, 2.75) is 6.42 Å². The predicted octanol–water partition coefficient (Wildman–Crippen LogP) is 4.05. The van der Waals surface area contributed by atoms with Crippen LogP contribution in [0.2, 0.25) is 10.0 Å². The second kappa shape index (κ2) is 11.1. The molecule has 0 aliphatic carbocycles. The van der Waals surface area contributed by atoms with E-state index in [-0.39, 0.29) is 0 Å². The third kappa shape index (κ3) is 7.14. The van der Waals surface area contributed by atoms with Crippen LogP contribution in [0.15, 0.2) is 54.2 Å². The second-order valence-corrected chi connectivity index (χ2v) is 6.47. The van der Waals surface area contributed by atoms with Gasteiger partial charge in [-0.3, -0.25) is 9.59 Å². The number of methoxy groups -OCH3 is 1. The van der Waals surface area contributed by atoms with E-state index in [1.807, 2.05) is 0 Å². The van der Waals surface area contributed by atoms with Crippen LogP contribution in [-0.4, -0.2) is 31.7 Å². The lowest BCUT2D eigenvalue weighted by molar-refractivity contribution is -0.126. The Morgan fingerprint density at radius 3 is 2.59 bits per heavy atom. The molecule has 2 aromatic rings. The van der Waals surface area contributed by atoms with Crippen LogP contribution in [0.5, 0.6) is 11.5 Å². The molecule has 152 valence electrons. The minimum Gasteiger partial charge on any atom is -0.493 e. The molecule has 9 heteroatoms. The molecule has 2 N–H and O–H groups in total. The van der Waals surface area contributed by atoms with E-state index in [9.17, 15) is 9.59 Å². The molecular weight excluding hydrogens is 417 g/mol. The maximum atomic E-state index is 11.9. The second-order valence-electron chi connectivity index (χ2n) is 5.66. The third-order valence-corrected chi connectivity index (χ3v) is 4.21. The van der Waals surface area contributed by atoms with E-state index in [1.165, 1.54) is 19.4 Å². The Hall–Kier alpha value is -3.03. The van der Waals surface area contributed by atoms with Gasteiger partial charge in [-0.25, -0.2) is 5.43 Å². The average Bonchev–Trinajstić information content (AvgIpc) is 2.69. The molecule has 0 radical (unpaired) electrons. The number of halogens is 2. The molecule has 0 bridgehead atoms. The third-order valence-electron chi connectivity index (χ3n) is 3.47. The molecule has 2 rings (SSSR count). The van der Waals surface area contributed by atoms with Crippen molar-refractivity contribution < 1.29 is 19.1 Å². The molecule has 0 unspecified atom stereocenters. The fourth-order valence-electron chi connectivity index (χ4n) is 2.18. The quantitative estimate of drug-likeness (QED) is 0.269. The zero-order valence-electron chi connectivity index (χ0n) is 15.6. The number of carbonyl (C=O) groups excluding carboxylic acids is 2. The minimum absolute atomic E-state index is 0.301. The molecule has 0 heterocycles. The van der Waals surface area contributed by atoms with E-state index >= 15 is 0 Å². The van der Waals surface area contributed by atoms with Crippen molar-refractivity contribution in [3.8, 4) is 11.5 Å². The number of amides is 2.